The molecule has 0 aromatic carbocycles. The van der Waals surface area contributed by atoms with Crippen molar-refractivity contribution in [3.8, 4) is 0 Å². The Bertz CT molecular complexity index is 748. The quantitative estimate of drug-likeness (QED) is 0.912. The molecule has 2 aromatic heterocycles. The Morgan fingerprint density at radius 1 is 1.24 bits per heavy atom. The van der Waals surface area contributed by atoms with Gasteiger partial charge in [-0.05, 0) is 31.9 Å². The number of piperazine rings is 1. The van der Waals surface area contributed by atoms with Gasteiger partial charge in [-0.2, -0.15) is 0 Å². The van der Waals surface area contributed by atoms with E-state index in [4.69, 9.17) is 4.42 Å². The van der Waals surface area contributed by atoms with E-state index in [9.17, 15) is 9.90 Å². The molecule has 1 aliphatic carbocycles. The normalized spacial score (nSPS) is 23.4. The molecule has 0 bridgehead atoms. The minimum absolute atomic E-state index is 0.0623. The first-order valence-electron chi connectivity index (χ1n) is 8.71. The largest absolute Gasteiger partial charge is 0.459 e. The molecule has 7 heteroatoms. The number of carbonyl (C=O) groups is 1. The zero-order valence-corrected chi connectivity index (χ0v) is 14.3. The number of aliphatic hydroxyl groups excluding tert-OH is 1. The summed E-state index contributed by atoms with van der Waals surface area (Å²) in [6, 6.07) is 5.46. The molecule has 0 spiro atoms. The van der Waals surface area contributed by atoms with E-state index in [0.717, 1.165) is 43.3 Å². The Kier molecular flexibility index (Phi) is 4.17. The van der Waals surface area contributed by atoms with Crippen molar-refractivity contribution in [1.29, 1.82) is 0 Å². The zero-order valence-electron chi connectivity index (χ0n) is 14.3. The summed E-state index contributed by atoms with van der Waals surface area (Å²) in [4.78, 5) is 25.5. The van der Waals surface area contributed by atoms with Gasteiger partial charge in [-0.1, -0.05) is 0 Å². The molecule has 1 saturated heterocycles. The van der Waals surface area contributed by atoms with E-state index in [0.29, 0.717) is 24.8 Å². The first-order chi connectivity index (χ1) is 12.1. The second kappa shape index (κ2) is 6.48. The molecule has 25 heavy (non-hydrogen) atoms. The molecule has 1 N–H and O–H groups in total. The molecule has 4 rings (SSSR count). The van der Waals surface area contributed by atoms with Crippen molar-refractivity contribution in [1.82, 2.24) is 14.9 Å². The summed E-state index contributed by atoms with van der Waals surface area (Å²) in [6.07, 6.45) is 2.88. The Balaban J connectivity index is 1.43. The molecule has 7 nitrogen and oxygen atoms in total. The monoisotopic (exact) mass is 342 g/mol. The molecule has 132 valence electrons. The van der Waals surface area contributed by atoms with Gasteiger partial charge in [-0.25, -0.2) is 9.97 Å². The van der Waals surface area contributed by atoms with Crippen LogP contribution in [0.4, 0.5) is 5.82 Å². The fourth-order valence-electron chi connectivity index (χ4n) is 3.47. The zero-order chi connectivity index (χ0) is 17.4. The maximum Gasteiger partial charge on any atom is 0.289 e. The smallest absolute Gasteiger partial charge is 0.289 e. The number of nitrogens with zero attached hydrogens (tertiary/aromatic N) is 4. The van der Waals surface area contributed by atoms with Gasteiger partial charge >= 0.3 is 0 Å². The first-order valence-corrected chi connectivity index (χ1v) is 8.71. The van der Waals surface area contributed by atoms with Crippen LogP contribution in [-0.2, 0) is 0 Å². The summed E-state index contributed by atoms with van der Waals surface area (Å²) in [6.45, 7) is 4.64. The number of anilines is 1. The number of hydrogen-bond donors (Lipinski definition) is 1. The molecule has 0 unspecified atom stereocenters. The van der Waals surface area contributed by atoms with Crippen LogP contribution in [0.2, 0.25) is 0 Å². The van der Waals surface area contributed by atoms with Crippen LogP contribution in [0.25, 0.3) is 0 Å². The number of furan rings is 1. The molecular formula is C18H22N4O3. The lowest BCUT2D eigenvalue weighted by Gasteiger charge is -2.36. The van der Waals surface area contributed by atoms with Gasteiger partial charge in [0.2, 0.25) is 0 Å². The van der Waals surface area contributed by atoms with Crippen LogP contribution in [0.3, 0.4) is 0 Å². The maximum absolute atomic E-state index is 12.3. The predicted molar refractivity (Wildman–Crippen MR) is 91.6 cm³/mol. The lowest BCUT2D eigenvalue weighted by molar-refractivity contribution is 0.0714. The Morgan fingerprint density at radius 3 is 2.64 bits per heavy atom. The highest BCUT2D eigenvalue weighted by molar-refractivity contribution is 5.91. The van der Waals surface area contributed by atoms with Crippen molar-refractivity contribution in [3.05, 3.63) is 41.7 Å². The number of aryl methyl sites for hydroxylation is 1. The number of aliphatic hydroxyl groups is 1. The standard InChI is InChI=1S/C18H22N4O3/c1-12-19-15(13-9-14(23)10-13)11-17(20-12)21-4-6-22(7-5-21)18(24)16-3-2-8-25-16/h2-3,8,11,13-14,23H,4-7,9-10H2,1H3. The molecule has 1 aliphatic heterocycles. The predicted octanol–water partition coefficient (Wildman–Crippen LogP) is 1.58. The summed E-state index contributed by atoms with van der Waals surface area (Å²) in [5, 5.41) is 9.53. The van der Waals surface area contributed by atoms with Crippen LogP contribution in [0, 0.1) is 6.92 Å². The topological polar surface area (TPSA) is 82.7 Å². The number of rotatable bonds is 3. The fraction of sp³-hybridized carbons (Fsp3) is 0.500. The summed E-state index contributed by atoms with van der Waals surface area (Å²) in [5.41, 5.74) is 1.02. The van der Waals surface area contributed by atoms with Gasteiger partial charge in [0.05, 0.1) is 12.4 Å². The van der Waals surface area contributed by atoms with Crippen LogP contribution >= 0.6 is 0 Å². The van der Waals surface area contributed by atoms with Gasteiger partial charge in [0.25, 0.3) is 5.91 Å². The molecular weight excluding hydrogens is 320 g/mol. The second-order valence-corrected chi connectivity index (χ2v) is 6.78. The highest BCUT2D eigenvalue weighted by atomic mass is 16.3. The summed E-state index contributed by atoms with van der Waals surface area (Å²) >= 11 is 0. The number of aromatic nitrogens is 2. The summed E-state index contributed by atoms with van der Waals surface area (Å²) in [7, 11) is 0. The number of carbonyl (C=O) groups excluding carboxylic acids is 1. The van der Waals surface area contributed by atoms with Gasteiger partial charge in [0.15, 0.2) is 5.76 Å². The molecule has 2 fully saturated rings. The molecule has 2 aliphatic rings. The van der Waals surface area contributed by atoms with Crippen LogP contribution in [0.15, 0.2) is 28.9 Å². The molecule has 0 atom stereocenters. The van der Waals surface area contributed by atoms with Crippen molar-refractivity contribution in [3.63, 3.8) is 0 Å². The minimum atomic E-state index is -0.195. The maximum atomic E-state index is 12.3. The van der Waals surface area contributed by atoms with Gasteiger partial charge < -0.3 is 19.3 Å². The van der Waals surface area contributed by atoms with Crippen molar-refractivity contribution < 1.29 is 14.3 Å². The van der Waals surface area contributed by atoms with Crippen molar-refractivity contribution in [2.75, 3.05) is 31.1 Å². The van der Waals surface area contributed by atoms with Crippen molar-refractivity contribution in [2.24, 2.45) is 0 Å². The number of hydrogen-bond acceptors (Lipinski definition) is 6. The SMILES string of the molecule is Cc1nc(C2CC(O)C2)cc(N2CCN(C(=O)c3ccco3)CC2)n1. The molecule has 0 radical (unpaired) electrons. The third-order valence-corrected chi connectivity index (χ3v) is 5.00. The average molecular weight is 342 g/mol. The molecule has 2 aromatic rings. The van der Waals surface area contributed by atoms with Crippen molar-refractivity contribution in [2.45, 2.75) is 31.8 Å². The molecule has 1 amide bonds. The van der Waals surface area contributed by atoms with E-state index in [1.807, 2.05) is 17.9 Å². The minimum Gasteiger partial charge on any atom is -0.459 e. The lowest BCUT2D eigenvalue weighted by atomic mass is 9.80. The number of amides is 1. The Hall–Kier alpha value is -2.41. The Morgan fingerprint density at radius 2 is 2.00 bits per heavy atom. The highest BCUT2D eigenvalue weighted by Gasteiger charge is 2.31. The average Bonchev–Trinajstić information content (AvgIpc) is 3.12. The highest BCUT2D eigenvalue weighted by Crippen LogP contribution is 2.36. The van der Waals surface area contributed by atoms with E-state index >= 15 is 0 Å². The summed E-state index contributed by atoms with van der Waals surface area (Å²) < 4.78 is 5.20. The van der Waals surface area contributed by atoms with E-state index in [2.05, 4.69) is 14.9 Å². The van der Waals surface area contributed by atoms with Crippen LogP contribution in [0.1, 0.15) is 40.8 Å². The second-order valence-electron chi connectivity index (χ2n) is 6.78. The van der Waals surface area contributed by atoms with Gasteiger partial charge in [-0.15, -0.1) is 0 Å². The van der Waals surface area contributed by atoms with Crippen LogP contribution in [0.5, 0.6) is 0 Å². The fourth-order valence-corrected chi connectivity index (χ4v) is 3.47. The van der Waals surface area contributed by atoms with Gasteiger partial charge in [0.1, 0.15) is 11.6 Å². The van der Waals surface area contributed by atoms with E-state index in [1.165, 1.54) is 6.26 Å². The van der Waals surface area contributed by atoms with E-state index in [1.54, 1.807) is 12.1 Å². The van der Waals surface area contributed by atoms with Crippen LogP contribution < -0.4 is 4.90 Å². The van der Waals surface area contributed by atoms with Gasteiger partial charge in [0, 0.05) is 43.9 Å². The third-order valence-electron chi connectivity index (χ3n) is 5.00. The van der Waals surface area contributed by atoms with Crippen molar-refractivity contribution >= 4 is 11.7 Å². The molecule has 3 heterocycles. The lowest BCUT2D eigenvalue weighted by Crippen LogP contribution is -2.49. The third kappa shape index (κ3) is 3.24. The first kappa shape index (κ1) is 16.1. The summed E-state index contributed by atoms with van der Waals surface area (Å²) in [5.74, 6) is 2.32. The van der Waals surface area contributed by atoms with E-state index < -0.39 is 0 Å². The Labute approximate surface area is 146 Å². The van der Waals surface area contributed by atoms with Gasteiger partial charge in [-0.3, -0.25) is 4.79 Å². The van der Waals surface area contributed by atoms with Crippen LogP contribution in [-0.4, -0.2) is 58.2 Å². The van der Waals surface area contributed by atoms with E-state index in [-0.39, 0.29) is 12.0 Å². The molecule has 1 saturated carbocycles.